The Morgan fingerprint density at radius 3 is 2.77 bits per heavy atom. The normalized spacial score (nSPS) is 17.2. The largest absolute Gasteiger partial charge is 0.394 e. The molecule has 0 aliphatic carbocycles. The number of nitrogens with zero attached hydrogens (tertiary/aromatic N) is 3. The number of aliphatic hydroxyl groups is 1. The molecule has 1 aliphatic rings. The van der Waals surface area contributed by atoms with Crippen molar-refractivity contribution in [2.75, 3.05) is 18.1 Å². The molecule has 1 aromatic carbocycles. The Morgan fingerprint density at radius 1 is 1.19 bits per heavy atom. The molecule has 2 N–H and O–H groups in total. The van der Waals surface area contributed by atoms with Crippen molar-refractivity contribution in [3.63, 3.8) is 0 Å². The molecule has 3 aromatic rings. The van der Waals surface area contributed by atoms with Crippen LogP contribution in [0.25, 0.3) is 11.2 Å². The summed E-state index contributed by atoms with van der Waals surface area (Å²) in [6.45, 7) is 0.935. The molecule has 0 amide bonds. The molecular weight excluding hydrogens is 335 g/mol. The van der Waals surface area contributed by atoms with Crippen LogP contribution < -0.4 is 10.5 Å². The Balaban J connectivity index is 1.69. The van der Waals surface area contributed by atoms with Crippen LogP contribution in [0.2, 0.25) is 0 Å². The van der Waals surface area contributed by atoms with Crippen molar-refractivity contribution in [3.05, 3.63) is 63.8 Å². The van der Waals surface area contributed by atoms with Crippen LogP contribution in [0.15, 0.2) is 41.2 Å². The Labute approximate surface area is 149 Å². The van der Waals surface area contributed by atoms with Gasteiger partial charge in [0, 0.05) is 13.0 Å². The first-order chi connectivity index (χ1) is 12.6. The number of nitrogens with one attached hydrogen (secondary N) is 1. The van der Waals surface area contributed by atoms with E-state index in [9.17, 15) is 14.3 Å². The van der Waals surface area contributed by atoms with Crippen molar-refractivity contribution in [3.8, 4) is 0 Å². The van der Waals surface area contributed by atoms with Crippen LogP contribution >= 0.6 is 0 Å². The second kappa shape index (κ2) is 6.84. The first-order valence-electron chi connectivity index (χ1n) is 8.66. The summed E-state index contributed by atoms with van der Waals surface area (Å²) in [6, 6.07) is 9.71. The maximum Gasteiger partial charge on any atom is 0.270 e. The molecule has 4 rings (SSSR count). The summed E-state index contributed by atoms with van der Waals surface area (Å²) in [5, 5.41) is 9.52. The van der Waals surface area contributed by atoms with E-state index in [1.54, 1.807) is 18.2 Å². The Bertz CT molecular complexity index is 987. The molecule has 0 radical (unpaired) electrons. The maximum atomic E-state index is 13.1. The van der Waals surface area contributed by atoms with Gasteiger partial charge in [0.05, 0.1) is 18.2 Å². The fraction of sp³-hybridized carbons (Fsp3) is 0.316. The number of anilines is 1. The lowest BCUT2D eigenvalue weighted by Gasteiger charge is -2.24. The van der Waals surface area contributed by atoms with Gasteiger partial charge < -0.3 is 15.0 Å². The molecule has 1 aliphatic heterocycles. The third-order valence-electron chi connectivity index (χ3n) is 4.78. The van der Waals surface area contributed by atoms with Crippen LogP contribution in [0, 0.1) is 5.82 Å². The highest BCUT2D eigenvalue weighted by Crippen LogP contribution is 2.24. The van der Waals surface area contributed by atoms with Gasteiger partial charge in [0.15, 0.2) is 5.65 Å². The number of rotatable bonds is 4. The first kappa shape index (κ1) is 16.7. The van der Waals surface area contributed by atoms with E-state index < -0.39 is 0 Å². The minimum absolute atomic E-state index is 0.0707. The molecule has 0 spiro atoms. The molecule has 3 heterocycles. The van der Waals surface area contributed by atoms with Crippen molar-refractivity contribution >= 4 is 17.0 Å². The van der Waals surface area contributed by atoms with E-state index in [-0.39, 0.29) is 24.0 Å². The van der Waals surface area contributed by atoms with Crippen molar-refractivity contribution in [2.24, 2.45) is 0 Å². The molecule has 1 saturated heterocycles. The molecule has 2 aromatic heterocycles. The van der Waals surface area contributed by atoms with Gasteiger partial charge >= 0.3 is 0 Å². The summed E-state index contributed by atoms with van der Waals surface area (Å²) in [5.41, 5.74) is 1.91. The van der Waals surface area contributed by atoms with Gasteiger partial charge in [-0.2, -0.15) is 0 Å². The second-order valence-corrected chi connectivity index (χ2v) is 6.53. The number of fused-ring (bicyclic) bond motifs is 1. The van der Waals surface area contributed by atoms with Gasteiger partial charge in [0.25, 0.3) is 5.56 Å². The topological polar surface area (TPSA) is 82.1 Å². The number of halogens is 1. The minimum Gasteiger partial charge on any atom is -0.394 e. The van der Waals surface area contributed by atoms with E-state index in [0.29, 0.717) is 23.3 Å². The second-order valence-electron chi connectivity index (χ2n) is 6.53. The Hall–Kier alpha value is -2.80. The maximum absolute atomic E-state index is 13.1. The molecule has 26 heavy (non-hydrogen) atoms. The zero-order valence-corrected chi connectivity index (χ0v) is 14.2. The highest BCUT2D eigenvalue weighted by atomic mass is 19.1. The fourth-order valence-corrected chi connectivity index (χ4v) is 3.40. The summed E-state index contributed by atoms with van der Waals surface area (Å²) in [5.74, 6) is 0.436. The summed E-state index contributed by atoms with van der Waals surface area (Å²) in [4.78, 5) is 26.2. The molecule has 7 heteroatoms. The van der Waals surface area contributed by atoms with E-state index in [0.717, 1.165) is 30.8 Å². The average Bonchev–Trinajstić information content (AvgIpc) is 3.12. The quantitative estimate of drug-likeness (QED) is 0.749. The first-order valence-corrected chi connectivity index (χ1v) is 8.66. The van der Waals surface area contributed by atoms with Gasteiger partial charge in [-0.1, -0.05) is 12.1 Å². The molecular formula is C19H19FN4O2. The van der Waals surface area contributed by atoms with Crippen LogP contribution in [0.1, 0.15) is 24.1 Å². The van der Waals surface area contributed by atoms with E-state index in [4.69, 9.17) is 0 Å². The van der Waals surface area contributed by atoms with Crippen LogP contribution in [0.3, 0.4) is 0 Å². The molecule has 134 valence electrons. The van der Waals surface area contributed by atoms with Gasteiger partial charge in [-0.3, -0.25) is 4.79 Å². The molecule has 1 fully saturated rings. The zero-order chi connectivity index (χ0) is 18.1. The van der Waals surface area contributed by atoms with Crippen molar-refractivity contribution in [1.82, 2.24) is 15.0 Å². The van der Waals surface area contributed by atoms with E-state index in [2.05, 4.69) is 19.9 Å². The smallest absolute Gasteiger partial charge is 0.270 e. The van der Waals surface area contributed by atoms with Crippen LogP contribution in [0.5, 0.6) is 0 Å². The van der Waals surface area contributed by atoms with Crippen LogP contribution in [-0.2, 0) is 6.42 Å². The van der Waals surface area contributed by atoms with E-state index in [1.165, 1.54) is 12.1 Å². The van der Waals surface area contributed by atoms with Gasteiger partial charge in [-0.25, -0.2) is 14.4 Å². The monoisotopic (exact) mass is 354 g/mol. The highest BCUT2D eigenvalue weighted by molar-refractivity contribution is 5.72. The molecule has 1 unspecified atom stereocenters. The Morgan fingerprint density at radius 2 is 2.00 bits per heavy atom. The van der Waals surface area contributed by atoms with Gasteiger partial charge in [-0.15, -0.1) is 0 Å². The minimum atomic E-state index is -0.315. The highest BCUT2D eigenvalue weighted by Gasteiger charge is 2.25. The number of aromatic amines is 1. The predicted octanol–water partition coefficient (Wildman–Crippen LogP) is 2.01. The Kier molecular flexibility index (Phi) is 4.38. The molecule has 1 atom stereocenters. The van der Waals surface area contributed by atoms with Gasteiger partial charge in [0.2, 0.25) is 0 Å². The number of pyridine rings is 1. The van der Waals surface area contributed by atoms with Crippen molar-refractivity contribution < 1.29 is 9.50 Å². The lowest BCUT2D eigenvalue weighted by atomic mass is 10.1. The van der Waals surface area contributed by atoms with Crippen molar-refractivity contribution in [1.29, 1.82) is 0 Å². The van der Waals surface area contributed by atoms with Crippen LogP contribution in [-0.4, -0.2) is 39.3 Å². The molecule has 0 bridgehead atoms. The number of hydrogen-bond acceptors (Lipinski definition) is 5. The number of aliphatic hydroxyl groups excluding tert-OH is 1. The number of benzene rings is 1. The summed E-state index contributed by atoms with van der Waals surface area (Å²) in [7, 11) is 0. The fourth-order valence-electron chi connectivity index (χ4n) is 3.40. The number of aromatic nitrogens is 3. The van der Waals surface area contributed by atoms with Crippen LogP contribution in [0.4, 0.5) is 10.2 Å². The molecule has 0 saturated carbocycles. The van der Waals surface area contributed by atoms with E-state index in [1.807, 2.05) is 6.07 Å². The lowest BCUT2D eigenvalue weighted by Crippen LogP contribution is -2.32. The van der Waals surface area contributed by atoms with Gasteiger partial charge in [-0.05, 0) is 42.7 Å². The summed E-state index contributed by atoms with van der Waals surface area (Å²) >= 11 is 0. The average molecular weight is 354 g/mol. The predicted molar refractivity (Wildman–Crippen MR) is 96.8 cm³/mol. The van der Waals surface area contributed by atoms with Gasteiger partial charge in [0.1, 0.15) is 17.3 Å². The van der Waals surface area contributed by atoms with E-state index >= 15 is 0 Å². The third kappa shape index (κ3) is 3.17. The summed E-state index contributed by atoms with van der Waals surface area (Å²) in [6.07, 6.45) is 2.26. The SMILES string of the molecule is O=c1[nH]c2ccc(N3CCCC3CO)nc2nc1Cc1ccc(F)cc1. The van der Waals surface area contributed by atoms with Crippen molar-refractivity contribution in [2.45, 2.75) is 25.3 Å². The standard InChI is InChI=1S/C19H19FN4O2/c20-13-5-3-12(4-6-13)10-16-19(26)22-15-7-8-17(23-18(15)21-16)24-9-1-2-14(24)11-25/h3-8,14,25H,1-2,9-11H2,(H,22,26). The summed E-state index contributed by atoms with van der Waals surface area (Å²) < 4.78 is 13.1. The zero-order valence-electron chi connectivity index (χ0n) is 14.2. The number of hydrogen-bond donors (Lipinski definition) is 2. The third-order valence-corrected chi connectivity index (χ3v) is 4.78. The molecule has 6 nitrogen and oxygen atoms in total. The lowest BCUT2D eigenvalue weighted by molar-refractivity contribution is 0.266. The number of H-pyrrole nitrogens is 1.